The van der Waals surface area contributed by atoms with Crippen molar-refractivity contribution in [2.45, 2.75) is 26.7 Å². The molecule has 7 nitrogen and oxygen atoms in total. The van der Waals surface area contributed by atoms with Crippen LogP contribution in [0.3, 0.4) is 0 Å². The minimum atomic E-state index is -0.108. The molecule has 0 saturated carbocycles. The predicted molar refractivity (Wildman–Crippen MR) is 87.3 cm³/mol. The molecule has 1 aromatic heterocycles. The first-order chi connectivity index (χ1) is 10.7. The van der Waals surface area contributed by atoms with Crippen LogP contribution in [0, 0.1) is 0 Å². The van der Waals surface area contributed by atoms with E-state index in [4.69, 9.17) is 0 Å². The standard InChI is InChI=1S/C15H20N6O/c1-3-4-8-16-15-20-14(10-17-21-15)19-13-7-5-6-12(9-13)18-11(2)22/h5-7,9-10H,3-4,8H2,1-2H3,(H,18,22)(H2,16,19,20,21). The molecule has 0 spiro atoms. The van der Waals surface area contributed by atoms with Crippen molar-refractivity contribution < 1.29 is 4.79 Å². The van der Waals surface area contributed by atoms with E-state index in [0.29, 0.717) is 11.8 Å². The average molecular weight is 300 g/mol. The zero-order chi connectivity index (χ0) is 15.8. The van der Waals surface area contributed by atoms with Gasteiger partial charge >= 0.3 is 0 Å². The van der Waals surface area contributed by atoms with Crippen LogP contribution in [0.5, 0.6) is 0 Å². The first-order valence-corrected chi connectivity index (χ1v) is 7.25. The van der Waals surface area contributed by atoms with Crippen molar-refractivity contribution in [1.29, 1.82) is 0 Å². The van der Waals surface area contributed by atoms with Crippen LogP contribution in [0.1, 0.15) is 26.7 Å². The highest BCUT2D eigenvalue weighted by atomic mass is 16.1. The SMILES string of the molecule is CCCCNc1nncc(Nc2cccc(NC(C)=O)c2)n1. The molecule has 0 aliphatic carbocycles. The first-order valence-electron chi connectivity index (χ1n) is 7.25. The minimum Gasteiger partial charge on any atom is -0.353 e. The molecule has 22 heavy (non-hydrogen) atoms. The lowest BCUT2D eigenvalue weighted by atomic mass is 10.2. The molecule has 2 rings (SSSR count). The number of rotatable bonds is 7. The number of hydrogen-bond donors (Lipinski definition) is 3. The maximum atomic E-state index is 11.1. The minimum absolute atomic E-state index is 0.108. The van der Waals surface area contributed by atoms with Crippen molar-refractivity contribution in [3.05, 3.63) is 30.5 Å². The summed E-state index contributed by atoms with van der Waals surface area (Å²) >= 11 is 0. The van der Waals surface area contributed by atoms with Crippen molar-refractivity contribution in [1.82, 2.24) is 15.2 Å². The van der Waals surface area contributed by atoms with Gasteiger partial charge in [-0.3, -0.25) is 4.79 Å². The fourth-order valence-electron chi connectivity index (χ4n) is 1.84. The van der Waals surface area contributed by atoms with E-state index in [9.17, 15) is 4.79 Å². The Hall–Kier alpha value is -2.70. The van der Waals surface area contributed by atoms with Crippen LogP contribution in [-0.2, 0) is 4.79 Å². The largest absolute Gasteiger partial charge is 0.353 e. The van der Waals surface area contributed by atoms with Crippen LogP contribution in [0.4, 0.5) is 23.1 Å². The van der Waals surface area contributed by atoms with Crippen molar-refractivity contribution >= 4 is 29.0 Å². The van der Waals surface area contributed by atoms with Crippen molar-refractivity contribution in [3.8, 4) is 0 Å². The van der Waals surface area contributed by atoms with Gasteiger partial charge in [-0.2, -0.15) is 10.1 Å². The Morgan fingerprint density at radius 1 is 1.27 bits per heavy atom. The topological polar surface area (TPSA) is 91.8 Å². The van der Waals surface area contributed by atoms with E-state index < -0.39 is 0 Å². The fourth-order valence-corrected chi connectivity index (χ4v) is 1.84. The lowest BCUT2D eigenvalue weighted by Crippen LogP contribution is -2.08. The third-order valence-corrected chi connectivity index (χ3v) is 2.83. The van der Waals surface area contributed by atoms with E-state index in [2.05, 4.69) is 38.1 Å². The molecule has 0 aliphatic rings. The fraction of sp³-hybridized carbons (Fsp3) is 0.333. The molecular weight excluding hydrogens is 280 g/mol. The summed E-state index contributed by atoms with van der Waals surface area (Å²) < 4.78 is 0. The Labute approximate surface area is 129 Å². The lowest BCUT2D eigenvalue weighted by Gasteiger charge is -2.09. The van der Waals surface area contributed by atoms with Gasteiger partial charge < -0.3 is 16.0 Å². The van der Waals surface area contributed by atoms with Crippen molar-refractivity contribution in [2.24, 2.45) is 0 Å². The van der Waals surface area contributed by atoms with Crippen LogP contribution in [0.25, 0.3) is 0 Å². The molecule has 1 heterocycles. The first kappa shape index (κ1) is 15.7. The number of amides is 1. The van der Waals surface area contributed by atoms with E-state index in [1.807, 2.05) is 24.3 Å². The van der Waals surface area contributed by atoms with Crippen LogP contribution in [0.15, 0.2) is 30.5 Å². The highest BCUT2D eigenvalue weighted by Gasteiger charge is 2.02. The molecule has 116 valence electrons. The van der Waals surface area contributed by atoms with Crippen molar-refractivity contribution in [2.75, 3.05) is 22.5 Å². The van der Waals surface area contributed by atoms with Gasteiger partial charge in [0, 0.05) is 24.8 Å². The molecule has 0 saturated heterocycles. The number of carbonyl (C=O) groups is 1. The van der Waals surface area contributed by atoms with Crippen LogP contribution in [-0.4, -0.2) is 27.6 Å². The van der Waals surface area contributed by atoms with Gasteiger partial charge in [-0.05, 0) is 24.6 Å². The number of carbonyl (C=O) groups excluding carboxylic acids is 1. The second kappa shape index (κ2) is 7.92. The Balaban J connectivity index is 2.03. The summed E-state index contributed by atoms with van der Waals surface area (Å²) in [6, 6.07) is 7.39. The number of hydrogen-bond acceptors (Lipinski definition) is 6. The second-order valence-corrected chi connectivity index (χ2v) is 4.83. The molecule has 0 radical (unpaired) electrons. The Bertz CT molecular complexity index is 631. The lowest BCUT2D eigenvalue weighted by molar-refractivity contribution is -0.114. The van der Waals surface area contributed by atoms with Gasteiger partial charge in [0.25, 0.3) is 0 Å². The molecule has 0 fully saturated rings. The molecule has 0 aliphatic heterocycles. The van der Waals surface area contributed by atoms with Gasteiger partial charge in [-0.1, -0.05) is 19.4 Å². The van der Waals surface area contributed by atoms with Gasteiger partial charge in [0.1, 0.15) is 0 Å². The summed E-state index contributed by atoms with van der Waals surface area (Å²) in [7, 11) is 0. The zero-order valence-electron chi connectivity index (χ0n) is 12.8. The molecular formula is C15H20N6O. The molecule has 0 atom stereocenters. The van der Waals surface area contributed by atoms with Gasteiger partial charge in [0.2, 0.25) is 11.9 Å². The summed E-state index contributed by atoms with van der Waals surface area (Å²) in [6.45, 7) is 4.42. The normalized spacial score (nSPS) is 10.1. The van der Waals surface area contributed by atoms with E-state index >= 15 is 0 Å². The summed E-state index contributed by atoms with van der Waals surface area (Å²) in [5.41, 5.74) is 1.53. The van der Waals surface area contributed by atoms with Gasteiger partial charge in [-0.25, -0.2) is 0 Å². The summed E-state index contributed by atoms with van der Waals surface area (Å²) in [5.74, 6) is 0.980. The third-order valence-electron chi connectivity index (χ3n) is 2.83. The maximum absolute atomic E-state index is 11.1. The molecule has 3 N–H and O–H groups in total. The number of anilines is 4. The molecule has 2 aromatic rings. The number of unbranched alkanes of at least 4 members (excludes halogenated alkanes) is 1. The Kier molecular flexibility index (Phi) is 5.65. The van der Waals surface area contributed by atoms with Gasteiger partial charge in [0.15, 0.2) is 5.82 Å². The van der Waals surface area contributed by atoms with Crippen LogP contribution in [0.2, 0.25) is 0 Å². The molecule has 0 unspecified atom stereocenters. The summed E-state index contributed by atoms with van der Waals surface area (Å²) in [4.78, 5) is 15.4. The zero-order valence-corrected chi connectivity index (χ0v) is 12.8. The van der Waals surface area contributed by atoms with Crippen molar-refractivity contribution in [3.63, 3.8) is 0 Å². The van der Waals surface area contributed by atoms with Gasteiger partial charge in [0.05, 0.1) is 6.20 Å². The predicted octanol–water partition coefficient (Wildman–Crippen LogP) is 2.79. The molecule has 1 aromatic carbocycles. The highest BCUT2D eigenvalue weighted by Crippen LogP contribution is 2.18. The number of benzene rings is 1. The Morgan fingerprint density at radius 2 is 2.09 bits per heavy atom. The number of nitrogens with zero attached hydrogens (tertiary/aromatic N) is 3. The third kappa shape index (κ3) is 5.01. The summed E-state index contributed by atoms with van der Waals surface area (Å²) in [5, 5.41) is 16.9. The van der Waals surface area contributed by atoms with E-state index in [-0.39, 0.29) is 5.91 Å². The van der Waals surface area contributed by atoms with E-state index in [1.165, 1.54) is 6.92 Å². The van der Waals surface area contributed by atoms with Crippen LogP contribution < -0.4 is 16.0 Å². The average Bonchev–Trinajstić information content (AvgIpc) is 2.47. The number of nitrogens with one attached hydrogen (secondary N) is 3. The highest BCUT2D eigenvalue weighted by molar-refractivity contribution is 5.89. The molecule has 7 heteroatoms. The van der Waals surface area contributed by atoms with E-state index in [1.54, 1.807) is 6.20 Å². The number of aromatic nitrogens is 3. The summed E-state index contributed by atoms with van der Waals surface area (Å²) in [6.07, 6.45) is 3.71. The quantitative estimate of drug-likeness (QED) is 0.681. The maximum Gasteiger partial charge on any atom is 0.244 e. The second-order valence-electron chi connectivity index (χ2n) is 4.83. The Morgan fingerprint density at radius 3 is 2.86 bits per heavy atom. The van der Waals surface area contributed by atoms with E-state index in [0.717, 1.165) is 30.8 Å². The van der Waals surface area contributed by atoms with Crippen LogP contribution >= 0.6 is 0 Å². The monoisotopic (exact) mass is 300 g/mol. The smallest absolute Gasteiger partial charge is 0.244 e. The van der Waals surface area contributed by atoms with Gasteiger partial charge in [-0.15, -0.1) is 5.10 Å². The molecule has 0 bridgehead atoms. The molecule has 1 amide bonds.